The zero-order valence-corrected chi connectivity index (χ0v) is 40.0. The van der Waals surface area contributed by atoms with E-state index < -0.39 is 84.5 Å². The van der Waals surface area contributed by atoms with Gasteiger partial charge in [-0.15, -0.1) is 0 Å². The number of phosphoric acid groups is 2. The van der Waals surface area contributed by atoms with Crippen LogP contribution in [0.1, 0.15) is 149 Å². The molecule has 370 valence electrons. The van der Waals surface area contributed by atoms with Crippen LogP contribution >= 0.6 is 15.6 Å². The van der Waals surface area contributed by atoms with Crippen LogP contribution in [0.15, 0.2) is 72.9 Å². The Morgan fingerprint density at radius 3 is 1.70 bits per heavy atom. The highest BCUT2D eigenvalue weighted by molar-refractivity contribution is 7.47. The van der Waals surface area contributed by atoms with Gasteiger partial charge in [0.15, 0.2) is 6.10 Å². The molecule has 0 amide bonds. The highest BCUT2D eigenvalue weighted by Gasteiger charge is 2.28. The Labute approximate surface area is 382 Å². The normalized spacial score (nSPS) is 16.1. The van der Waals surface area contributed by atoms with Crippen molar-refractivity contribution in [2.24, 2.45) is 0 Å². The lowest BCUT2D eigenvalue weighted by Gasteiger charge is -2.21. The molecule has 0 saturated carbocycles. The maximum absolute atomic E-state index is 12.7. The second-order valence-electron chi connectivity index (χ2n) is 15.5. The number of aliphatic hydroxyl groups excluding tert-OH is 4. The molecule has 0 heterocycles. The van der Waals surface area contributed by atoms with Crippen LogP contribution in [-0.2, 0) is 41.8 Å². The van der Waals surface area contributed by atoms with Crippen LogP contribution in [0, 0.1) is 0 Å². The highest BCUT2D eigenvalue weighted by Crippen LogP contribution is 2.43. The molecule has 0 spiro atoms. The lowest BCUT2D eigenvalue weighted by molar-refractivity contribution is -0.161. The fraction of sp³-hybridized carbons (Fsp3) is 0.696. The van der Waals surface area contributed by atoms with E-state index in [2.05, 4.69) is 28.1 Å². The molecule has 0 aromatic heterocycles. The minimum absolute atomic E-state index is 0.0192. The van der Waals surface area contributed by atoms with Gasteiger partial charge in [-0.2, -0.15) is 0 Å². The fourth-order valence-corrected chi connectivity index (χ4v) is 6.96. The van der Waals surface area contributed by atoms with Crippen LogP contribution in [-0.4, -0.2) is 104 Å². The van der Waals surface area contributed by atoms with Gasteiger partial charge in [-0.05, 0) is 57.8 Å². The Morgan fingerprint density at radius 1 is 0.562 bits per heavy atom. The van der Waals surface area contributed by atoms with Crippen molar-refractivity contribution in [3.05, 3.63) is 72.9 Å². The molecule has 0 bridgehead atoms. The number of ether oxygens (including phenoxy) is 2. The van der Waals surface area contributed by atoms with Gasteiger partial charge < -0.3 is 44.6 Å². The first-order valence-electron chi connectivity index (χ1n) is 23.0. The van der Waals surface area contributed by atoms with Crippen LogP contribution in [0.3, 0.4) is 0 Å². The summed E-state index contributed by atoms with van der Waals surface area (Å²) < 4.78 is 47.6. The molecule has 0 rings (SSSR count). The Hall–Kier alpha value is -2.56. The van der Waals surface area contributed by atoms with Crippen molar-refractivity contribution < 1.29 is 76.9 Å². The van der Waals surface area contributed by atoms with Gasteiger partial charge in [-0.1, -0.05) is 151 Å². The largest absolute Gasteiger partial charge is 0.472 e. The number of esters is 2. The molecule has 64 heavy (non-hydrogen) atoms. The second kappa shape index (κ2) is 40.7. The van der Waals surface area contributed by atoms with Crippen LogP contribution in [0.5, 0.6) is 0 Å². The van der Waals surface area contributed by atoms with Crippen molar-refractivity contribution >= 4 is 27.6 Å². The lowest BCUT2D eigenvalue weighted by Crippen LogP contribution is -2.30. The summed E-state index contributed by atoms with van der Waals surface area (Å²) in [7, 11) is -9.82. The summed E-state index contributed by atoms with van der Waals surface area (Å²) in [5.74, 6) is -1.37. The Kier molecular flexibility index (Phi) is 39.1. The van der Waals surface area contributed by atoms with Crippen molar-refractivity contribution in [2.45, 2.75) is 179 Å². The van der Waals surface area contributed by atoms with Gasteiger partial charge in [0.05, 0.1) is 38.1 Å². The van der Waals surface area contributed by atoms with Gasteiger partial charge in [-0.25, -0.2) is 9.13 Å². The second-order valence-corrected chi connectivity index (χ2v) is 18.2. The Morgan fingerprint density at radius 2 is 1.09 bits per heavy atom. The minimum Gasteiger partial charge on any atom is -0.462 e. The van der Waals surface area contributed by atoms with Gasteiger partial charge in [0.25, 0.3) is 0 Å². The van der Waals surface area contributed by atoms with Crippen molar-refractivity contribution in [1.82, 2.24) is 0 Å². The van der Waals surface area contributed by atoms with Crippen LogP contribution < -0.4 is 0 Å². The maximum atomic E-state index is 12.7. The zero-order valence-electron chi connectivity index (χ0n) is 38.2. The first kappa shape index (κ1) is 61.4. The van der Waals surface area contributed by atoms with Crippen LogP contribution in [0.4, 0.5) is 0 Å². The zero-order chi connectivity index (χ0) is 47.7. The third kappa shape index (κ3) is 42.1. The number of hydrogen-bond donors (Lipinski definition) is 7. The van der Waals surface area contributed by atoms with Gasteiger partial charge in [0.1, 0.15) is 12.7 Å². The summed E-state index contributed by atoms with van der Waals surface area (Å²) in [6.07, 6.45) is 34.0. The minimum atomic E-state index is -4.91. The summed E-state index contributed by atoms with van der Waals surface area (Å²) in [6.45, 7) is 1.16. The van der Waals surface area contributed by atoms with E-state index in [1.165, 1.54) is 44.6 Å². The van der Waals surface area contributed by atoms with Gasteiger partial charge in [-0.3, -0.25) is 23.2 Å². The topological polar surface area (TPSA) is 256 Å². The Bertz CT molecular complexity index is 1460. The average molecular weight is 951 g/mol. The Balaban J connectivity index is 4.82. The number of hydrogen-bond acceptors (Lipinski definition) is 13. The van der Waals surface area contributed by atoms with E-state index in [9.17, 15) is 44.0 Å². The number of carbonyl (C=O) groups is 2. The third-order valence-electron chi connectivity index (χ3n) is 9.41. The van der Waals surface area contributed by atoms with E-state index in [4.69, 9.17) is 23.8 Å². The van der Waals surface area contributed by atoms with E-state index in [-0.39, 0.29) is 25.7 Å². The number of phosphoric ester groups is 2. The molecule has 7 N–H and O–H groups in total. The first-order valence-corrected chi connectivity index (χ1v) is 26.0. The maximum Gasteiger partial charge on any atom is 0.472 e. The van der Waals surface area contributed by atoms with E-state index in [0.717, 1.165) is 57.8 Å². The van der Waals surface area contributed by atoms with E-state index in [0.29, 0.717) is 12.8 Å². The average Bonchev–Trinajstić information content (AvgIpc) is 3.24. The fourth-order valence-electron chi connectivity index (χ4n) is 5.80. The summed E-state index contributed by atoms with van der Waals surface area (Å²) >= 11 is 0. The van der Waals surface area contributed by atoms with Crippen molar-refractivity contribution in [2.75, 3.05) is 26.4 Å². The number of allylic oxidation sites excluding steroid dienone is 9. The number of carbonyl (C=O) groups excluding carboxylic acids is 2. The standard InChI is InChI=1S/C46H80O16P2/c1-3-5-7-8-9-10-11-12-13-14-15-16-17-18-19-24-28-34-45(51)58-38-42(39-61-64(56,57)60-37-41(48)36-59-63(53,54)55)62-46(52)35-29-33-44(50)43(49)32-27-23-21-20-22-26-31-40(47)30-25-6-4-2/h6,12-13,20-23,25-27,31-32,40-44,47-50H,3-5,7-11,14-19,24,28-30,33-39H2,1-2H3,(H,56,57)(H2,53,54,55)/b13-12-,22-20+,23-21-,25-6-,31-26+,32-27-/t40-,41-,42+,43+,44+/m0/s1. The molecule has 0 aromatic carbocycles. The molecule has 0 aliphatic heterocycles. The molecule has 0 aliphatic rings. The molecule has 16 nitrogen and oxygen atoms in total. The molecule has 0 aromatic rings. The molecule has 0 radical (unpaired) electrons. The summed E-state index contributed by atoms with van der Waals surface area (Å²) in [5, 5.41) is 40.3. The summed E-state index contributed by atoms with van der Waals surface area (Å²) in [5.41, 5.74) is 0. The monoisotopic (exact) mass is 950 g/mol. The SMILES string of the molecule is CC/C=C\C[C@H](O)/C=C/C=C/C=C\C=C/[C@@H](O)[C@H](O)CCCC(=O)O[C@H](COC(=O)CCCCCCCCC/C=C\CCCCCCCC)COP(=O)(O)OC[C@@H](O)COP(=O)(O)O. The van der Waals surface area contributed by atoms with Gasteiger partial charge in [0.2, 0.25) is 0 Å². The number of rotatable bonds is 42. The molecule has 0 saturated heterocycles. The molecule has 0 fully saturated rings. The predicted molar refractivity (Wildman–Crippen MR) is 248 cm³/mol. The molecular formula is C46H80O16P2. The number of unbranched alkanes of at least 4 members (excludes halogenated alkanes) is 13. The van der Waals surface area contributed by atoms with E-state index in [1.54, 1.807) is 42.5 Å². The van der Waals surface area contributed by atoms with Crippen LogP contribution in [0.25, 0.3) is 0 Å². The van der Waals surface area contributed by atoms with Crippen molar-refractivity contribution in [3.8, 4) is 0 Å². The molecule has 0 aliphatic carbocycles. The van der Waals surface area contributed by atoms with E-state index in [1.807, 2.05) is 19.1 Å². The molecule has 18 heteroatoms. The molecule has 1 unspecified atom stereocenters. The van der Waals surface area contributed by atoms with Crippen molar-refractivity contribution in [3.63, 3.8) is 0 Å². The van der Waals surface area contributed by atoms with E-state index >= 15 is 0 Å². The molecule has 6 atom stereocenters. The van der Waals surface area contributed by atoms with Crippen molar-refractivity contribution in [1.29, 1.82) is 0 Å². The smallest absolute Gasteiger partial charge is 0.462 e. The summed E-state index contributed by atoms with van der Waals surface area (Å²) in [4.78, 5) is 52.8. The lowest BCUT2D eigenvalue weighted by atomic mass is 10.1. The van der Waals surface area contributed by atoms with Gasteiger partial charge in [0, 0.05) is 12.8 Å². The first-order chi connectivity index (χ1) is 30.6. The number of aliphatic hydroxyl groups is 4. The predicted octanol–water partition coefficient (Wildman–Crippen LogP) is 8.70. The van der Waals surface area contributed by atoms with Crippen LogP contribution in [0.2, 0.25) is 0 Å². The summed E-state index contributed by atoms with van der Waals surface area (Å²) in [6, 6.07) is 0. The quantitative estimate of drug-likeness (QED) is 0.00993. The molecular weight excluding hydrogens is 870 g/mol. The third-order valence-corrected chi connectivity index (χ3v) is 10.8. The van der Waals surface area contributed by atoms with Gasteiger partial charge >= 0.3 is 27.6 Å². The highest BCUT2D eigenvalue weighted by atomic mass is 31.2.